The Morgan fingerprint density at radius 3 is 2.47 bits per heavy atom. The summed E-state index contributed by atoms with van der Waals surface area (Å²) < 4.78 is 31.6. The summed E-state index contributed by atoms with van der Waals surface area (Å²) in [6, 6.07) is 2.65. The first-order valence-electron chi connectivity index (χ1n) is 5.51. The molecule has 1 aromatic rings. The number of sulfonamides is 1. The Hall–Kier alpha value is -0.530. The minimum atomic E-state index is -3.71. The Kier molecular flexibility index (Phi) is 5.88. The maximum Gasteiger partial charge on any atom is 0.242 e. The van der Waals surface area contributed by atoms with E-state index in [0.29, 0.717) is 5.75 Å². The molecule has 0 spiro atoms. The normalized spacial score (nSPS) is 13.3. The number of halogens is 2. The third kappa shape index (κ3) is 4.22. The summed E-state index contributed by atoms with van der Waals surface area (Å²) in [5.41, 5.74) is 0. The topological polar surface area (TPSA) is 67.4 Å². The highest BCUT2D eigenvalue weighted by molar-refractivity contribution is 7.89. The van der Waals surface area contributed by atoms with Gasteiger partial charge in [-0.3, -0.25) is 0 Å². The first kappa shape index (κ1) is 16.5. The molecule has 0 fully saturated rings. The molecule has 0 aliphatic heterocycles. The van der Waals surface area contributed by atoms with Crippen LogP contribution in [0, 0.1) is 0 Å². The molecule has 1 unspecified atom stereocenters. The predicted octanol–water partition coefficient (Wildman–Crippen LogP) is 1.89. The average molecular weight is 327 g/mol. The van der Waals surface area contributed by atoms with E-state index in [1.54, 1.807) is 7.05 Å². The molecule has 2 N–H and O–H groups in total. The number of hydrogen-bond acceptors (Lipinski definition) is 4. The van der Waals surface area contributed by atoms with Crippen molar-refractivity contribution in [2.45, 2.75) is 17.9 Å². The fourth-order valence-electron chi connectivity index (χ4n) is 1.29. The van der Waals surface area contributed by atoms with Crippen LogP contribution in [0.1, 0.15) is 6.92 Å². The zero-order valence-electron chi connectivity index (χ0n) is 10.8. The van der Waals surface area contributed by atoms with Crippen LogP contribution in [0.5, 0.6) is 5.75 Å². The van der Waals surface area contributed by atoms with Crippen LogP contribution in [0.25, 0.3) is 0 Å². The fourth-order valence-corrected chi connectivity index (χ4v) is 3.26. The maximum atomic E-state index is 12.1. The highest BCUT2D eigenvalue weighted by Gasteiger charge is 2.20. The first-order chi connectivity index (χ1) is 8.81. The smallest absolute Gasteiger partial charge is 0.242 e. The molecule has 108 valence electrons. The van der Waals surface area contributed by atoms with Crippen LogP contribution in [-0.4, -0.2) is 35.2 Å². The Balaban J connectivity index is 3.05. The van der Waals surface area contributed by atoms with E-state index in [-0.39, 0.29) is 27.5 Å². The van der Waals surface area contributed by atoms with Gasteiger partial charge in [-0.1, -0.05) is 23.2 Å². The Labute approximate surface area is 123 Å². The molecule has 0 aliphatic carbocycles. The average Bonchev–Trinajstić information content (AvgIpc) is 2.38. The van der Waals surface area contributed by atoms with Gasteiger partial charge in [0.15, 0.2) is 0 Å². The van der Waals surface area contributed by atoms with E-state index in [1.165, 1.54) is 19.2 Å². The van der Waals surface area contributed by atoms with Crippen molar-refractivity contribution in [3.05, 3.63) is 22.2 Å². The van der Waals surface area contributed by atoms with E-state index in [1.807, 2.05) is 6.92 Å². The lowest BCUT2D eigenvalue weighted by atomic mass is 10.3. The number of ether oxygens (including phenoxy) is 1. The maximum absolute atomic E-state index is 12.1. The zero-order valence-corrected chi connectivity index (χ0v) is 13.2. The Morgan fingerprint density at radius 2 is 1.95 bits per heavy atom. The van der Waals surface area contributed by atoms with E-state index in [2.05, 4.69) is 10.0 Å². The summed E-state index contributed by atoms with van der Waals surface area (Å²) >= 11 is 11.8. The van der Waals surface area contributed by atoms with E-state index >= 15 is 0 Å². The van der Waals surface area contributed by atoms with Crippen LogP contribution in [0.4, 0.5) is 0 Å². The van der Waals surface area contributed by atoms with Crippen LogP contribution in [0.3, 0.4) is 0 Å². The third-order valence-corrected chi connectivity index (χ3v) is 4.75. The first-order valence-corrected chi connectivity index (χ1v) is 7.75. The molecule has 1 aromatic carbocycles. The Morgan fingerprint density at radius 1 is 1.32 bits per heavy atom. The summed E-state index contributed by atoms with van der Waals surface area (Å²) in [4.78, 5) is -0.0664. The molecular weight excluding hydrogens is 311 g/mol. The minimum absolute atomic E-state index is 0.00210. The van der Waals surface area contributed by atoms with Gasteiger partial charge in [0, 0.05) is 18.7 Å². The van der Waals surface area contributed by atoms with Crippen molar-refractivity contribution in [3.8, 4) is 5.75 Å². The second-order valence-corrected chi connectivity index (χ2v) is 6.51. The van der Waals surface area contributed by atoms with Gasteiger partial charge in [-0.2, -0.15) is 0 Å². The Bertz CT molecular complexity index is 549. The molecule has 8 heteroatoms. The van der Waals surface area contributed by atoms with Crippen molar-refractivity contribution in [2.75, 3.05) is 20.7 Å². The van der Waals surface area contributed by atoms with Crippen LogP contribution < -0.4 is 14.8 Å². The summed E-state index contributed by atoms with van der Waals surface area (Å²) in [6.45, 7) is 2.10. The number of likely N-dealkylation sites (N-methyl/N-ethyl adjacent to an activating group) is 1. The van der Waals surface area contributed by atoms with E-state index < -0.39 is 10.0 Å². The SMILES string of the molecule is CNC(C)CNS(=O)(=O)c1cc(Cl)c(OC)cc1Cl. The van der Waals surface area contributed by atoms with E-state index in [9.17, 15) is 8.42 Å². The third-order valence-electron chi connectivity index (χ3n) is 2.57. The molecule has 19 heavy (non-hydrogen) atoms. The number of nitrogens with one attached hydrogen (secondary N) is 2. The molecular formula is C11H16Cl2N2O3S. The van der Waals surface area contributed by atoms with Gasteiger partial charge in [0.25, 0.3) is 0 Å². The van der Waals surface area contributed by atoms with Crippen LogP contribution in [0.2, 0.25) is 10.0 Å². The molecule has 0 aliphatic rings. The molecule has 0 amide bonds. The molecule has 5 nitrogen and oxygen atoms in total. The molecule has 0 saturated heterocycles. The zero-order chi connectivity index (χ0) is 14.6. The number of rotatable bonds is 6. The molecule has 1 atom stereocenters. The predicted molar refractivity (Wildman–Crippen MR) is 76.7 cm³/mol. The second kappa shape index (κ2) is 6.76. The minimum Gasteiger partial charge on any atom is -0.495 e. The highest BCUT2D eigenvalue weighted by Crippen LogP contribution is 2.33. The molecule has 0 heterocycles. The van der Waals surface area contributed by atoms with Gasteiger partial charge in [-0.25, -0.2) is 13.1 Å². The van der Waals surface area contributed by atoms with E-state index in [0.717, 1.165) is 0 Å². The van der Waals surface area contributed by atoms with E-state index in [4.69, 9.17) is 27.9 Å². The monoisotopic (exact) mass is 326 g/mol. The van der Waals surface area contributed by atoms with Crippen molar-refractivity contribution in [1.82, 2.24) is 10.0 Å². The molecule has 0 radical (unpaired) electrons. The number of methoxy groups -OCH3 is 1. The quantitative estimate of drug-likeness (QED) is 0.837. The van der Waals surface area contributed by atoms with Gasteiger partial charge < -0.3 is 10.1 Å². The molecule has 0 saturated carbocycles. The van der Waals surface area contributed by atoms with Crippen LogP contribution in [0.15, 0.2) is 17.0 Å². The van der Waals surface area contributed by atoms with Crippen molar-refractivity contribution >= 4 is 33.2 Å². The van der Waals surface area contributed by atoms with Gasteiger partial charge in [-0.05, 0) is 20.0 Å². The van der Waals surface area contributed by atoms with Crippen molar-refractivity contribution in [1.29, 1.82) is 0 Å². The standard InChI is InChI=1S/C11H16Cl2N2O3S/c1-7(14-2)6-15-19(16,17)11-5-8(12)10(18-3)4-9(11)13/h4-5,7,14-15H,6H2,1-3H3. The lowest BCUT2D eigenvalue weighted by Gasteiger charge is -2.13. The van der Waals surface area contributed by atoms with Gasteiger partial charge >= 0.3 is 0 Å². The van der Waals surface area contributed by atoms with Crippen LogP contribution >= 0.6 is 23.2 Å². The van der Waals surface area contributed by atoms with Crippen molar-refractivity contribution in [3.63, 3.8) is 0 Å². The largest absolute Gasteiger partial charge is 0.495 e. The van der Waals surface area contributed by atoms with Gasteiger partial charge in [0.1, 0.15) is 10.6 Å². The van der Waals surface area contributed by atoms with Crippen LogP contribution in [-0.2, 0) is 10.0 Å². The highest BCUT2D eigenvalue weighted by atomic mass is 35.5. The van der Waals surface area contributed by atoms with Gasteiger partial charge in [-0.15, -0.1) is 0 Å². The molecule has 1 rings (SSSR count). The number of hydrogen-bond donors (Lipinski definition) is 2. The second-order valence-electron chi connectivity index (χ2n) is 3.96. The summed E-state index contributed by atoms with van der Waals surface area (Å²) in [5, 5.41) is 3.18. The fraction of sp³-hybridized carbons (Fsp3) is 0.455. The van der Waals surface area contributed by atoms with Gasteiger partial charge in [0.2, 0.25) is 10.0 Å². The lowest BCUT2D eigenvalue weighted by Crippen LogP contribution is -2.37. The molecule has 0 aromatic heterocycles. The van der Waals surface area contributed by atoms with Crippen molar-refractivity contribution < 1.29 is 13.2 Å². The summed E-state index contributed by atoms with van der Waals surface area (Å²) in [7, 11) is -0.530. The summed E-state index contributed by atoms with van der Waals surface area (Å²) in [6.07, 6.45) is 0. The molecule has 0 bridgehead atoms. The summed E-state index contributed by atoms with van der Waals surface area (Å²) in [5.74, 6) is 0.328. The lowest BCUT2D eigenvalue weighted by molar-refractivity contribution is 0.414. The number of benzene rings is 1. The van der Waals surface area contributed by atoms with Gasteiger partial charge in [0.05, 0.1) is 17.2 Å². The van der Waals surface area contributed by atoms with Crippen molar-refractivity contribution in [2.24, 2.45) is 0 Å².